The Morgan fingerprint density at radius 1 is 1.10 bits per heavy atom. The van der Waals surface area contributed by atoms with E-state index in [1.54, 1.807) is 7.05 Å². The second-order valence-corrected chi connectivity index (χ2v) is 6.76. The Balaban J connectivity index is 2.14. The highest BCUT2D eigenvalue weighted by Gasteiger charge is 2.22. The number of sulfonamides is 1. The van der Waals surface area contributed by atoms with E-state index in [2.05, 4.69) is 10.2 Å². The van der Waals surface area contributed by atoms with Crippen molar-refractivity contribution in [1.29, 1.82) is 0 Å². The highest BCUT2D eigenvalue weighted by atomic mass is 32.2. The number of nitrogens with one attached hydrogen (secondary N) is 1. The maximum absolute atomic E-state index is 12.2. The smallest absolute Gasteiger partial charge is 0.260 e. The first-order chi connectivity index (χ1) is 9.41. The zero-order valence-corrected chi connectivity index (χ0v) is 12.6. The summed E-state index contributed by atoms with van der Waals surface area (Å²) in [4.78, 5) is 1.99. The summed E-state index contributed by atoms with van der Waals surface area (Å²) in [5.41, 5.74) is 2.01. The highest BCUT2D eigenvalue weighted by molar-refractivity contribution is 7.89. The number of nitrogens with zero attached hydrogens (tertiary/aromatic N) is 3. The zero-order valence-electron chi connectivity index (χ0n) is 11.7. The van der Waals surface area contributed by atoms with Gasteiger partial charge in [0.2, 0.25) is 0 Å². The van der Waals surface area contributed by atoms with E-state index in [0.717, 1.165) is 11.3 Å². The SMILES string of the molecule is CN(C)c1ccc(CN(C)S(=O)(=O)c2ccn[nH]2)cc1. The Bertz CT molecular complexity index is 648. The van der Waals surface area contributed by atoms with Crippen molar-refractivity contribution in [1.82, 2.24) is 14.5 Å². The molecule has 0 aliphatic rings. The minimum absolute atomic E-state index is 0.102. The summed E-state index contributed by atoms with van der Waals surface area (Å²) in [5.74, 6) is 0. The van der Waals surface area contributed by atoms with Crippen LogP contribution in [-0.4, -0.2) is 44.1 Å². The Labute approximate surface area is 119 Å². The molecule has 0 saturated carbocycles. The number of aromatic nitrogens is 2. The zero-order chi connectivity index (χ0) is 14.8. The molecule has 0 saturated heterocycles. The minimum Gasteiger partial charge on any atom is -0.378 e. The molecule has 1 N–H and O–H groups in total. The second kappa shape index (κ2) is 5.64. The predicted octanol–water partition coefficient (Wildman–Crippen LogP) is 1.30. The molecule has 0 radical (unpaired) electrons. The first kappa shape index (κ1) is 14.5. The van der Waals surface area contributed by atoms with Gasteiger partial charge in [0.05, 0.1) is 6.20 Å². The van der Waals surface area contributed by atoms with E-state index in [1.165, 1.54) is 16.6 Å². The molecule has 0 fully saturated rings. The third kappa shape index (κ3) is 3.00. The molecule has 0 spiro atoms. The number of rotatable bonds is 5. The molecule has 0 atom stereocenters. The minimum atomic E-state index is -3.52. The molecule has 0 unspecified atom stereocenters. The van der Waals surface area contributed by atoms with Crippen LogP contribution < -0.4 is 4.90 Å². The predicted molar refractivity (Wildman–Crippen MR) is 78.0 cm³/mol. The van der Waals surface area contributed by atoms with Crippen LogP contribution in [0.5, 0.6) is 0 Å². The normalized spacial score (nSPS) is 11.8. The Kier molecular flexibility index (Phi) is 4.10. The number of aromatic amines is 1. The summed E-state index contributed by atoms with van der Waals surface area (Å²) >= 11 is 0. The van der Waals surface area contributed by atoms with Crippen molar-refractivity contribution >= 4 is 15.7 Å². The molecule has 2 rings (SSSR count). The molecule has 0 amide bonds. The standard InChI is InChI=1S/C13H18N4O2S/c1-16(2)12-6-4-11(5-7-12)10-17(3)20(18,19)13-8-9-14-15-13/h4-9H,10H2,1-3H3,(H,14,15). The summed E-state index contributed by atoms with van der Waals surface area (Å²) in [7, 11) is 1.96. The molecule has 7 heteroatoms. The molecule has 1 aromatic heterocycles. The van der Waals surface area contributed by atoms with E-state index in [1.807, 2.05) is 43.3 Å². The van der Waals surface area contributed by atoms with Crippen LogP contribution in [0, 0.1) is 0 Å². The molecule has 0 aliphatic carbocycles. The molecule has 1 aromatic carbocycles. The van der Waals surface area contributed by atoms with Gasteiger partial charge in [0.15, 0.2) is 5.03 Å². The summed E-state index contributed by atoms with van der Waals surface area (Å²) < 4.78 is 25.7. The molecular weight excluding hydrogens is 276 g/mol. The summed E-state index contributed by atoms with van der Waals surface area (Å²) in [6, 6.07) is 9.22. The highest BCUT2D eigenvalue weighted by Crippen LogP contribution is 2.17. The van der Waals surface area contributed by atoms with Crippen molar-refractivity contribution in [2.75, 3.05) is 26.0 Å². The van der Waals surface area contributed by atoms with Crippen molar-refractivity contribution in [3.05, 3.63) is 42.1 Å². The van der Waals surface area contributed by atoms with Crippen LogP contribution in [-0.2, 0) is 16.6 Å². The fraction of sp³-hybridized carbons (Fsp3) is 0.308. The van der Waals surface area contributed by atoms with Gasteiger partial charge in [-0.25, -0.2) is 8.42 Å². The first-order valence-corrected chi connectivity index (χ1v) is 7.57. The van der Waals surface area contributed by atoms with E-state index in [4.69, 9.17) is 0 Å². The van der Waals surface area contributed by atoms with Gasteiger partial charge in [0.1, 0.15) is 0 Å². The van der Waals surface area contributed by atoms with Crippen molar-refractivity contribution < 1.29 is 8.42 Å². The monoisotopic (exact) mass is 294 g/mol. The van der Waals surface area contributed by atoms with Gasteiger partial charge in [0, 0.05) is 33.4 Å². The summed E-state index contributed by atoms with van der Waals surface area (Å²) in [5, 5.41) is 6.26. The topological polar surface area (TPSA) is 69.3 Å². The fourth-order valence-electron chi connectivity index (χ4n) is 1.80. The lowest BCUT2D eigenvalue weighted by molar-refractivity contribution is 0.463. The molecule has 0 bridgehead atoms. The number of anilines is 1. The van der Waals surface area contributed by atoms with Gasteiger partial charge in [-0.05, 0) is 23.8 Å². The average Bonchev–Trinajstić information content (AvgIpc) is 2.93. The first-order valence-electron chi connectivity index (χ1n) is 6.13. The van der Waals surface area contributed by atoms with Gasteiger partial charge in [0.25, 0.3) is 10.0 Å². The van der Waals surface area contributed by atoms with Crippen LogP contribution in [0.3, 0.4) is 0 Å². The molecule has 20 heavy (non-hydrogen) atoms. The molecular formula is C13H18N4O2S. The van der Waals surface area contributed by atoms with Gasteiger partial charge >= 0.3 is 0 Å². The number of benzene rings is 1. The molecule has 0 aliphatic heterocycles. The number of hydrogen-bond donors (Lipinski definition) is 1. The third-order valence-electron chi connectivity index (χ3n) is 3.02. The van der Waals surface area contributed by atoms with Crippen molar-refractivity contribution in [3.8, 4) is 0 Å². The third-order valence-corrected chi connectivity index (χ3v) is 4.75. The van der Waals surface area contributed by atoms with Gasteiger partial charge < -0.3 is 4.90 Å². The summed E-state index contributed by atoms with van der Waals surface area (Å²) in [6.45, 7) is 0.315. The fourth-order valence-corrected chi connectivity index (χ4v) is 2.85. The number of hydrogen-bond acceptors (Lipinski definition) is 4. The van der Waals surface area contributed by atoms with Crippen LogP contribution in [0.2, 0.25) is 0 Å². The van der Waals surface area contributed by atoms with Crippen molar-refractivity contribution in [3.63, 3.8) is 0 Å². The maximum atomic E-state index is 12.2. The molecule has 6 nitrogen and oxygen atoms in total. The molecule has 1 heterocycles. The Morgan fingerprint density at radius 2 is 1.75 bits per heavy atom. The van der Waals surface area contributed by atoms with Gasteiger partial charge in [-0.15, -0.1) is 0 Å². The molecule has 108 valence electrons. The lowest BCUT2D eigenvalue weighted by Gasteiger charge is -2.17. The largest absolute Gasteiger partial charge is 0.378 e. The number of H-pyrrole nitrogens is 1. The van der Waals surface area contributed by atoms with E-state index >= 15 is 0 Å². The molecule has 2 aromatic rings. The van der Waals surface area contributed by atoms with E-state index < -0.39 is 10.0 Å². The Morgan fingerprint density at radius 3 is 2.25 bits per heavy atom. The lowest BCUT2D eigenvalue weighted by Crippen LogP contribution is -2.26. The van der Waals surface area contributed by atoms with Crippen molar-refractivity contribution in [2.24, 2.45) is 0 Å². The van der Waals surface area contributed by atoms with Gasteiger partial charge in [-0.3, -0.25) is 5.10 Å². The maximum Gasteiger partial charge on any atom is 0.260 e. The van der Waals surface area contributed by atoms with Crippen LogP contribution in [0.1, 0.15) is 5.56 Å². The van der Waals surface area contributed by atoms with Gasteiger partial charge in [-0.1, -0.05) is 12.1 Å². The summed E-state index contributed by atoms with van der Waals surface area (Å²) in [6.07, 6.45) is 1.42. The lowest BCUT2D eigenvalue weighted by atomic mass is 10.2. The second-order valence-electron chi connectivity index (χ2n) is 4.74. The van der Waals surface area contributed by atoms with E-state index in [0.29, 0.717) is 6.54 Å². The van der Waals surface area contributed by atoms with E-state index in [9.17, 15) is 8.42 Å². The van der Waals surface area contributed by atoms with Gasteiger partial charge in [-0.2, -0.15) is 9.40 Å². The van der Waals surface area contributed by atoms with Crippen LogP contribution in [0.15, 0.2) is 41.6 Å². The van der Waals surface area contributed by atoms with E-state index in [-0.39, 0.29) is 5.03 Å². The average molecular weight is 294 g/mol. The van der Waals surface area contributed by atoms with Crippen molar-refractivity contribution in [2.45, 2.75) is 11.6 Å². The van der Waals surface area contributed by atoms with Crippen LogP contribution >= 0.6 is 0 Å². The quantitative estimate of drug-likeness (QED) is 0.902. The Hall–Kier alpha value is -1.86. The van der Waals surface area contributed by atoms with Crippen LogP contribution in [0.4, 0.5) is 5.69 Å². The van der Waals surface area contributed by atoms with Crippen LogP contribution in [0.25, 0.3) is 0 Å².